The number of likely N-dealkylation sites (tertiary alicyclic amines) is 1. The second-order valence-electron chi connectivity index (χ2n) is 7.03. The summed E-state index contributed by atoms with van der Waals surface area (Å²) >= 11 is 3.35. The van der Waals surface area contributed by atoms with E-state index in [-0.39, 0.29) is 5.91 Å². The van der Waals surface area contributed by atoms with Crippen molar-refractivity contribution in [2.75, 3.05) is 25.0 Å². The summed E-state index contributed by atoms with van der Waals surface area (Å²) in [6, 6.07) is 8.26. The van der Waals surface area contributed by atoms with Gasteiger partial charge in [-0.3, -0.25) is 4.79 Å². The van der Waals surface area contributed by atoms with Crippen molar-refractivity contribution in [3.8, 4) is 5.75 Å². The molecule has 2 rings (SSSR count). The van der Waals surface area contributed by atoms with Crippen LogP contribution >= 0.6 is 15.9 Å². The minimum Gasteiger partial charge on any atom is -0.494 e. The number of amides is 1. The second-order valence-corrected chi connectivity index (χ2v) is 9.02. The van der Waals surface area contributed by atoms with Gasteiger partial charge in [-0.25, -0.2) is 0 Å². The van der Waals surface area contributed by atoms with Gasteiger partial charge in [0.1, 0.15) is 5.75 Å². The van der Waals surface area contributed by atoms with Crippen LogP contribution in [-0.2, 0) is 4.79 Å². The molecule has 1 aromatic rings. The Labute approximate surface area is 154 Å². The van der Waals surface area contributed by atoms with Crippen LogP contribution in [-0.4, -0.2) is 40.9 Å². The van der Waals surface area contributed by atoms with E-state index in [0.29, 0.717) is 6.04 Å². The molecule has 1 heterocycles. The fraction of sp³-hybridized carbons (Fsp3) is 0.632. The molecule has 1 atom stereocenters. The number of piperidine rings is 1. The van der Waals surface area contributed by atoms with E-state index in [1.807, 2.05) is 38.1 Å². The van der Waals surface area contributed by atoms with Gasteiger partial charge in [0.15, 0.2) is 0 Å². The molecule has 24 heavy (non-hydrogen) atoms. The molecular weight excluding hydrogens is 368 g/mol. The van der Waals surface area contributed by atoms with E-state index in [1.165, 1.54) is 25.8 Å². The van der Waals surface area contributed by atoms with Crippen LogP contribution in [0.5, 0.6) is 5.75 Å². The fourth-order valence-corrected chi connectivity index (χ4v) is 2.96. The number of carbonyl (C=O) groups excluding carboxylic acids is 1. The largest absolute Gasteiger partial charge is 0.494 e. The molecule has 1 amide bonds. The Bertz CT molecular complexity index is 525. The molecule has 1 aliphatic rings. The lowest BCUT2D eigenvalue weighted by atomic mass is 10.0. The number of halogens is 1. The van der Waals surface area contributed by atoms with Gasteiger partial charge in [0.2, 0.25) is 5.91 Å². The molecule has 0 aromatic heterocycles. The molecule has 1 fully saturated rings. The topological polar surface area (TPSA) is 41.6 Å². The summed E-state index contributed by atoms with van der Waals surface area (Å²) in [6.45, 7) is 9.02. The molecule has 0 bridgehead atoms. The van der Waals surface area contributed by atoms with Crippen molar-refractivity contribution in [3.63, 3.8) is 0 Å². The Kier molecular flexibility index (Phi) is 7.11. The molecule has 1 aliphatic heterocycles. The highest BCUT2D eigenvalue weighted by molar-refractivity contribution is 9.10. The average Bonchev–Trinajstić information content (AvgIpc) is 2.53. The maximum absolute atomic E-state index is 11.9. The molecule has 134 valence electrons. The number of ether oxygens (including phenoxy) is 1. The third kappa shape index (κ3) is 6.10. The van der Waals surface area contributed by atoms with Gasteiger partial charge in [0.05, 0.1) is 10.9 Å². The summed E-state index contributed by atoms with van der Waals surface area (Å²) in [5, 5.41) is 2.88. The first-order valence-corrected chi connectivity index (χ1v) is 9.63. The maximum Gasteiger partial charge on any atom is 0.240 e. The molecule has 0 saturated carbocycles. The first kappa shape index (κ1) is 19.3. The predicted molar refractivity (Wildman–Crippen MR) is 103 cm³/mol. The van der Waals surface area contributed by atoms with E-state index in [0.717, 1.165) is 31.0 Å². The highest BCUT2D eigenvalue weighted by Gasteiger charge is 2.23. The van der Waals surface area contributed by atoms with Crippen molar-refractivity contribution in [1.29, 1.82) is 0 Å². The Balaban J connectivity index is 1.71. The number of hydrogen-bond acceptors (Lipinski definition) is 3. The average molecular weight is 397 g/mol. The number of hydrogen-bond donors (Lipinski definition) is 1. The van der Waals surface area contributed by atoms with Gasteiger partial charge in [-0.1, -0.05) is 22.4 Å². The standard InChI is InChI=1S/C19H29BrN2O2/c1-15-7-4-5-12-22(15)13-6-14-24-17-10-8-16(9-11-17)21-18(23)19(2,3)20/h8-11,15H,4-7,12-14H2,1-3H3,(H,21,23)/t15-/m1/s1. The van der Waals surface area contributed by atoms with Crippen LogP contribution in [0.15, 0.2) is 24.3 Å². The second kappa shape index (κ2) is 8.86. The molecular formula is C19H29BrN2O2. The van der Waals surface area contributed by atoms with Gasteiger partial charge in [-0.15, -0.1) is 0 Å². The van der Waals surface area contributed by atoms with Crippen LogP contribution in [0.2, 0.25) is 0 Å². The van der Waals surface area contributed by atoms with Crippen molar-refractivity contribution in [2.45, 2.75) is 56.8 Å². The highest BCUT2D eigenvalue weighted by Crippen LogP contribution is 2.21. The van der Waals surface area contributed by atoms with Gasteiger partial charge in [0, 0.05) is 18.3 Å². The SMILES string of the molecule is C[C@@H]1CCCCN1CCCOc1ccc(NC(=O)C(C)(C)Br)cc1. The van der Waals surface area contributed by atoms with Crippen molar-refractivity contribution in [3.05, 3.63) is 24.3 Å². The number of benzene rings is 1. The van der Waals surface area contributed by atoms with Gasteiger partial charge in [-0.2, -0.15) is 0 Å². The molecule has 0 unspecified atom stereocenters. The third-order valence-corrected chi connectivity index (χ3v) is 4.81. The molecule has 1 aromatic carbocycles. The van der Waals surface area contributed by atoms with E-state index in [4.69, 9.17) is 4.74 Å². The maximum atomic E-state index is 11.9. The Morgan fingerprint density at radius 1 is 1.33 bits per heavy atom. The zero-order valence-electron chi connectivity index (χ0n) is 15.0. The van der Waals surface area contributed by atoms with Crippen LogP contribution < -0.4 is 10.1 Å². The number of rotatable bonds is 7. The molecule has 0 spiro atoms. The lowest BCUT2D eigenvalue weighted by Crippen LogP contribution is -2.38. The quantitative estimate of drug-likeness (QED) is 0.546. The Morgan fingerprint density at radius 3 is 2.67 bits per heavy atom. The van der Waals surface area contributed by atoms with Gasteiger partial charge >= 0.3 is 0 Å². The van der Waals surface area contributed by atoms with Crippen molar-refractivity contribution in [2.24, 2.45) is 0 Å². The molecule has 0 aliphatic carbocycles. The number of nitrogens with zero attached hydrogens (tertiary/aromatic N) is 1. The smallest absolute Gasteiger partial charge is 0.240 e. The number of anilines is 1. The van der Waals surface area contributed by atoms with E-state index >= 15 is 0 Å². The summed E-state index contributed by atoms with van der Waals surface area (Å²) < 4.78 is 5.24. The summed E-state index contributed by atoms with van der Waals surface area (Å²) in [7, 11) is 0. The van der Waals surface area contributed by atoms with Crippen molar-refractivity contribution >= 4 is 27.5 Å². The minimum atomic E-state index is -0.576. The van der Waals surface area contributed by atoms with E-state index in [1.54, 1.807) is 0 Å². The van der Waals surface area contributed by atoms with E-state index < -0.39 is 4.32 Å². The Hall–Kier alpha value is -1.07. The molecule has 5 heteroatoms. The van der Waals surface area contributed by atoms with E-state index in [2.05, 4.69) is 33.1 Å². The first-order valence-electron chi connectivity index (χ1n) is 8.83. The normalized spacial score (nSPS) is 19.1. The number of nitrogens with one attached hydrogen (secondary N) is 1. The van der Waals surface area contributed by atoms with Gasteiger partial charge < -0.3 is 15.0 Å². The fourth-order valence-electron chi connectivity index (χ4n) is 2.86. The first-order chi connectivity index (χ1) is 11.4. The van der Waals surface area contributed by atoms with Crippen LogP contribution in [0, 0.1) is 0 Å². The predicted octanol–water partition coefficient (Wildman–Crippen LogP) is 4.44. The number of alkyl halides is 1. The summed E-state index contributed by atoms with van der Waals surface area (Å²) in [4.78, 5) is 14.5. The van der Waals surface area contributed by atoms with Crippen LogP contribution in [0.3, 0.4) is 0 Å². The summed E-state index contributed by atoms with van der Waals surface area (Å²) in [5.41, 5.74) is 0.780. The lowest BCUT2D eigenvalue weighted by molar-refractivity contribution is -0.117. The molecule has 1 N–H and O–H groups in total. The zero-order chi connectivity index (χ0) is 17.6. The third-order valence-electron chi connectivity index (χ3n) is 4.45. The zero-order valence-corrected chi connectivity index (χ0v) is 16.6. The molecule has 0 radical (unpaired) electrons. The van der Waals surface area contributed by atoms with Gasteiger partial charge in [-0.05, 0) is 70.8 Å². The lowest BCUT2D eigenvalue weighted by Gasteiger charge is -2.33. The van der Waals surface area contributed by atoms with Gasteiger partial charge in [0.25, 0.3) is 0 Å². The summed E-state index contributed by atoms with van der Waals surface area (Å²) in [6.07, 6.45) is 5.05. The summed E-state index contributed by atoms with van der Waals surface area (Å²) in [5.74, 6) is 0.782. The monoisotopic (exact) mass is 396 g/mol. The molecule has 1 saturated heterocycles. The minimum absolute atomic E-state index is 0.0631. The van der Waals surface area contributed by atoms with E-state index in [9.17, 15) is 4.79 Å². The highest BCUT2D eigenvalue weighted by atomic mass is 79.9. The number of carbonyl (C=O) groups is 1. The Morgan fingerprint density at radius 2 is 2.04 bits per heavy atom. The van der Waals surface area contributed by atoms with Crippen molar-refractivity contribution < 1.29 is 9.53 Å². The van der Waals surface area contributed by atoms with Crippen LogP contribution in [0.4, 0.5) is 5.69 Å². The molecule has 4 nitrogen and oxygen atoms in total. The van der Waals surface area contributed by atoms with Crippen LogP contribution in [0.1, 0.15) is 46.5 Å². The van der Waals surface area contributed by atoms with Crippen molar-refractivity contribution in [1.82, 2.24) is 4.90 Å². The van der Waals surface area contributed by atoms with Crippen LogP contribution in [0.25, 0.3) is 0 Å².